The summed E-state index contributed by atoms with van der Waals surface area (Å²) in [5, 5.41) is 6.14. The molecule has 0 aliphatic heterocycles. The fraction of sp³-hybridized carbons (Fsp3) is 0.588. The molecule has 0 saturated heterocycles. The summed E-state index contributed by atoms with van der Waals surface area (Å²) in [6.45, 7) is 6.01. The van der Waals surface area contributed by atoms with Crippen LogP contribution in [0.1, 0.15) is 31.7 Å². The molecule has 4 heteroatoms. The van der Waals surface area contributed by atoms with Crippen molar-refractivity contribution in [1.82, 2.24) is 10.6 Å². The van der Waals surface area contributed by atoms with Crippen LogP contribution in [-0.4, -0.2) is 31.6 Å². The SMILES string of the molecule is CCC(CNC(=O)CNCC1CC1)Oc1ccccc1C. The Hall–Kier alpha value is -1.55. The highest BCUT2D eigenvalue weighted by Crippen LogP contribution is 2.27. The number of ether oxygens (including phenoxy) is 1. The second kappa shape index (κ2) is 8.03. The first-order valence-electron chi connectivity index (χ1n) is 7.88. The molecule has 0 radical (unpaired) electrons. The summed E-state index contributed by atoms with van der Waals surface area (Å²) in [6.07, 6.45) is 3.48. The Bertz CT molecular complexity index is 458. The van der Waals surface area contributed by atoms with Gasteiger partial charge < -0.3 is 15.4 Å². The monoisotopic (exact) mass is 290 g/mol. The third-order valence-electron chi connectivity index (χ3n) is 3.78. The number of aryl methyl sites for hydroxylation is 1. The highest BCUT2D eigenvalue weighted by molar-refractivity contribution is 5.78. The van der Waals surface area contributed by atoms with Gasteiger partial charge in [-0.2, -0.15) is 0 Å². The first-order chi connectivity index (χ1) is 10.2. The quantitative estimate of drug-likeness (QED) is 0.733. The maximum absolute atomic E-state index is 11.8. The lowest BCUT2D eigenvalue weighted by Gasteiger charge is -2.19. The third-order valence-corrected chi connectivity index (χ3v) is 3.78. The molecule has 1 atom stereocenters. The average Bonchev–Trinajstić information content (AvgIpc) is 3.29. The molecule has 1 aromatic rings. The summed E-state index contributed by atoms with van der Waals surface area (Å²) in [5.74, 6) is 1.73. The largest absolute Gasteiger partial charge is 0.488 e. The van der Waals surface area contributed by atoms with Crippen LogP contribution in [0.15, 0.2) is 24.3 Å². The smallest absolute Gasteiger partial charge is 0.234 e. The lowest BCUT2D eigenvalue weighted by Crippen LogP contribution is -2.40. The van der Waals surface area contributed by atoms with Crippen LogP contribution in [0.2, 0.25) is 0 Å². The topological polar surface area (TPSA) is 50.4 Å². The molecule has 1 fully saturated rings. The van der Waals surface area contributed by atoms with E-state index in [2.05, 4.69) is 17.6 Å². The molecule has 1 aromatic carbocycles. The zero-order chi connectivity index (χ0) is 15.1. The lowest BCUT2D eigenvalue weighted by molar-refractivity contribution is -0.120. The Balaban J connectivity index is 1.68. The van der Waals surface area contributed by atoms with Gasteiger partial charge >= 0.3 is 0 Å². The maximum atomic E-state index is 11.8. The van der Waals surface area contributed by atoms with Crippen molar-refractivity contribution in [2.45, 2.75) is 39.2 Å². The van der Waals surface area contributed by atoms with Gasteiger partial charge in [0, 0.05) is 0 Å². The highest BCUT2D eigenvalue weighted by Gasteiger charge is 2.20. The Labute approximate surface area is 127 Å². The Morgan fingerprint density at radius 2 is 2.14 bits per heavy atom. The maximum Gasteiger partial charge on any atom is 0.234 e. The fourth-order valence-corrected chi connectivity index (χ4v) is 2.14. The lowest BCUT2D eigenvalue weighted by atomic mass is 10.2. The van der Waals surface area contributed by atoms with E-state index >= 15 is 0 Å². The van der Waals surface area contributed by atoms with Gasteiger partial charge in [0.15, 0.2) is 0 Å². The molecule has 0 heterocycles. The van der Waals surface area contributed by atoms with E-state index in [4.69, 9.17) is 4.74 Å². The Morgan fingerprint density at radius 1 is 1.38 bits per heavy atom. The van der Waals surface area contributed by atoms with Crippen LogP contribution >= 0.6 is 0 Å². The Morgan fingerprint density at radius 3 is 2.81 bits per heavy atom. The standard InChI is InChI=1S/C17H26N2O2/c1-3-15(21-16-7-5-4-6-13(16)2)11-19-17(20)12-18-10-14-8-9-14/h4-7,14-15,18H,3,8-12H2,1-2H3,(H,19,20). The molecule has 1 aliphatic rings. The second-order valence-corrected chi connectivity index (χ2v) is 5.79. The van der Waals surface area contributed by atoms with Crippen LogP contribution in [-0.2, 0) is 4.79 Å². The molecule has 4 nitrogen and oxygen atoms in total. The molecule has 1 unspecified atom stereocenters. The zero-order valence-electron chi connectivity index (χ0n) is 13.0. The molecular weight excluding hydrogens is 264 g/mol. The van der Waals surface area contributed by atoms with E-state index in [1.54, 1.807) is 0 Å². The van der Waals surface area contributed by atoms with E-state index in [1.807, 2.05) is 31.2 Å². The summed E-state index contributed by atoms with van der Waals surface area (Å²) in [4.78, 5) is 11.8. The number of para-hydroxylation sites is 1. The van der Waals surface area contributed by atoms with E-state index in [-0.39, 0.29) is 12.0 Å². The predicted octanol–water partition coefficient (Wildman–Crippen LogP) is 2.27. The van der Waals surface area contributed by atoms with Crippen LogP contribution in [0.25, 0.3) is 0 Å². The predicted molar refractivity (Wildman–Crippen MR) is 84.5 cm³/mol. The second-order valence-electron chi connectivity index (χ2n) is 5.79. The van der Waals surface area contributed by atoms with E-state index in [9.17, 15) is 4.79 Å². The van der Waals surface area contributed by atoms with Gasteiger partial charge in [0.2, 0.25) is 5.91 Å². The summed E-state index contributed by atoms with van der Waals surface area (Å²) in [7, 11) is 0. The van der Waals surface area contributed by atoms with Crippen molar-refractivity contribution in [3.05, 3.63) is 29.8 Å². The molecule has 1 aliphatic carbocycles. The number of amides is 1. The normalized spacial score (nSPS) is 15.5. The van der Waals surface area contributed by atoms with E-state index in [0.29, 0.717) is 13.1 Å². The van der Waals surface area contributed by atoms with Gasteiger partial charge in [-0.15, -0.1) is 0 Å². The number of benzene rings is 1. The van der Waals surface area contributed by atoms with Crippen molar-refractivity contribution in [3.8, 4) is 5.75 Å². The first-order valence-corrected chi connectivity index (χ1v) is 7.88. The first kappa shape index (κ1) is 15.8. The van der Waals surface area contributed by atoms with Crippen molar-refractivity contribution >= 4 is 5.91 Å². The van der Waals surface area contributed by atoms with Crippen molar-refractivity contribution < 1.29 is 9.53 Å². The van der Waals surface area contributed by atoms with Gasteiger partial charge in [-0.05, 0) is 50.3 Å². The summed E-state index contributed by atoms with van der Waals surface area (Å²) >= 11 is 0. The van der Waals surface area contributed by atoms with E-state index in [0.717, 1.165) is 30.2 Å². The van der Waals surface area contributed by atoms with Crippen molar-refractivity contribution in [1.29, 1.82) is 0 Å². The molecule has 1 saturated carbocycles. The number of nitrogens with one attached hydrogen (secondary N) is 2. The van der Waals surface area contributed by atoms with Crippen molar-refractivity contribution in [2.75, 3.05) is 19.6 Å². The van der Waals surface area contributed by atoms with Crippen molar-refractivity contribution in [2.24, 2.45) is 5.92 Å². The average molecular weight is 290 g/mol. The molecule has 21 heavy (non-hydrogen) atoms. The van der Waals surface area contributed by atoms with Gasteiger partial charge in [-0.3, -0.25) is 4.79 Å². The van der Waals surface area contributed by atoms with Gasteiger partial charge in [0.05, 0.1) is 13.1 Å². The van der Waals surface area contributed by atoms with Crippen LogP contribution in [0.4, 0.5) is 0 Å². The van der Waals surface area contributed by atoms with Crippen molar-refractivity contribution in [3.63, 3.8) is 0 Å². The number of rotatable bonds is 9. The minimum atomic E-state index is 0.0125. The molecule has 2 N–H and O–H groups in total. The van der Waals surface area contributed by atoms with Crippen LogP contribution in [0.5, 0.6) is 5.75 Å². The zero-order valence-corrected chi connectivity index (χ0v) is 13.0. The van der Waals surface area contributed by atoms with Gasteiger partial charge in [-0.1, -0.05) is 25.1 Å². The number of hydrogen-bond acceptors (Lipinski definition) is 3. The Kier molecular flexibility index (Phi) is 6.05. The van der Waals surface area contributed by atoms with Crippen LogP contribution in [0, 0.1) is 12.8 Å². The minimum Gasteiger partial charge on any atom is -0.488 e. The van der Waals surface area contributed by atoms with Gasteiger partial charge in [0.1, 0.15) is 11.9 Å². The molecule has 0 aromatic heterocycles. The third kappa shape index (κ3) is 5.76. The number of carbonyl (C=O) groups is 1. The number of carbonyl (C=O) groups excluding carboxylic acids is 1. The molecule has 1 amide bonds. The van der Waals surface area contributed by atoms with E-state index in [1.165, 1.54) is 12.8 Å². The van der Waals surface area contributed by atoms with Gasteiger partial charge in [-0.25, -0.2) is 0 Å². The molecular formula is C17H26N2O2. The van der Waals surface area contributed by atoms with E-state index < -0.39 is 0 Å². The highest BCUT2D eigenvalue weighted by atomic mass is 16.5. The molecule has 0 spiro atoms. The fourth-order valence-electron chi connectivity index (χ4n) is 2.14. The van der Waals surface area contributed by atoms with Crippen LogP contribution < -0.4 is 15.4 Å². The molecule has 2 rings (SSSR count). The summed E-state index contributed by atoms with van der Waals surface area (Å²) < 4.78 is 5.96. The summed E-state index contributed by atoms with van der Waals surface area (Å²) in [6, 6.07) is 7.96. The summed E-state index contributed by atoms with van der Waals surface area (Å²) in [5.41, 5.74) is 1.12. The minimum absolute atomic E-state index is 0.0125. The van der Waals surface area contributed by atoms with Gasteiger partial charge in [0.25, 0.3) is 0 Å². The van der Waals surface area contributed by atoms with Crippen LogP contribution in [0.3, 0.4) is 0 Å². The molecule has 0 bridgehead atoms. The number of hydrogen-bond donors (Lipinski definition) is 2. The molecule has 116 valence electrons.